The van der Waals surface area contributed by atoms with Gasteiger partial charge < -0.3 is 58.8 Å². The number of benzene rings is 5. The van der Waals surface area contributed by atoms with E-state index in [-0.39, 0.29) is 132 Å². The van der Waals surface area contributed by atoms with Crippen molar-refractivity contribution in [3.63, 3.8) is 0 Å². The lowest BCUT2D eigenvalue weighted by Gasteiger charge is -2.15. The minimum absolute atomic E-state index is 0. The minimum atomic E-state index is -1.34. The number of aromatic carboxylic acids is 1. The van der Waals surface area contributed by atoms with Gasteiger partial charge in [-0.3, -0.25) is 44.5 Å². The maximum atomic E-state index is 13.8. The van der Waals surface area contributed by atoms with Crippen LogP contribution in [0, 0.1) is 60.5 Å². The number of esters is 1. The summed E-state index contributed by atoms with van der Waals surface area (Å²) in [4.78, 5) is 145. The summed E-state index contributed by atoms with van der Waals surface area (Å²) in [7, 11) is 0. The Kier molecular flexibility index (Phi) is 28.2. The third-order valence-electron chi connectivity index (χ3n) is 16.5. The average Bonchev–Trinajstić information content (AvgIpc) is 1.68. The van der Waals surface area contributed by atoms with Gasteiger partial charge in [0.25, 0.3) is 17.5 Å². The van der Waals surface area contributed by atoms with E-state index in [0.717, 1.165) is 46.2 Å². The van der Waals surface area contributed by atoms with Gasteiger partial charge in [-0.2, -0.15) is 9.59 Å². The molecule has 2 saturated carbocycles. The summed E-state index contributed by atoms with van der Waals surface area (Å²) in [5.41, 5.74) is 14.2. The van der Waals surface area contributed by atoms with Crippen LogP contribution >= 0.6 is 0 Å². The van der Waals surface area contributed by atoms with Crippen LogP contribution in [0.4, 0.5) is 10.5 Å². The number of aryl methyl sites for hydroxylation is 4. The maximum absolute atomic E-state index is 13.8. The van der Waals surface area contributed by atoms with Crippen molar-refractivity contribution < 1.29 is 85.1 Å². The van der Waals surface area contributed by atoms with E-state index in [1.165, 1.54) is 63.1 Å². The average molecular weight is 1460 g/mol. The number of non-ortho nitro benzene ring substituents is 1. The van der Waals surface area contributed by atoms with Gasteiger partial charge in [0.15, 0.2) is 53.5 Å². The Morgan fingerprint density at radius 2 is 1.13 bits per heavy atom. The number of nitrogens with zero attached hydrogens (tertiary/aromatic N) is 3. The summed E-state index contributed by atoms with van der Waals surface area (Å²) in [6.45, 7) is 15.0. The summed E-state index contributed by atoms with van der Waals surface area (Å²) in [6.07, 6.45) is 8.46. The van der Waals surface area contributed by atoms with Crippen molar-refractivity contribution >= 4 is 77.0 Å². The summed E-state index contributed by atoms with van der Waals surface area (Å²) in [6, 6.07) is 32.2. The van der Waals surface area contributed by atoms with Crippen LogP contribution in [0.5, 0.6) is 5.75 Å². The van der Waals surface area contributed by atoms with Crippen LogP contribution in [-0.4, -0.2) is 92.3 Å². The number of amidine groups is 1. The van der Waals surface area contributed by atoms with Crippen molar-refractivity contribution in [3.05, 3.63) is 268 Å². The number of nitro benzene ring substituents is 1. The molecule has 4 heterocycles. The molecule has 107 heavy (non-hydrogen) atoms. The van der Waals surface area contributed by atoms with E-state index in [2.05, 4.69) is 42.6 Å². The number of nitrogens with one attached hydrogen (secondary N) is 4. The number of nitrogen functional groups attached to an aromatic ring is 1. The van der Waals surface area contributed by atoms with Crippen LogP contribution in [0.15, 0.2) is 168 Å². The number of carbonyl (C=O) groups is 7. The number of nitrogens with two attached hydrogens (primary N) is 1. The molecule has 2 aliphatic carbocycles. The smallest absolute Gasteiger partial charge is 0.476 e. The molecule has 5 aromatic carbocycles. The van der Waals surface area contributed by atoms with E-state index in [1.807, 2.05) is 44.2 Å². The van der Waals surface area contributed by atoms with Crippen molar-refractivity contribution in [3.8, 4) is 28.0 Å². The second-order valence-corrected chi connectivity index (χ2v) is 24.2. The molecule has 2 amide bonds. The number of ketones is 2. The molecule has 11 rings (SSSR count). The van der Waals surface area contributed by atoms with Gasteiger partial charge in [-0.15, -0.1) is 0 Å². The van der Waals surface area contributed by atoms with Gasteiger partial charge in [0.2, 0.25) is 0 Å². The standard InChI is InChI=1S/C36H33N3O9.C28H28N4O2.C12H9NO8.CO2.CH4/c1-4-23-15-27(26(13-19(23)2)25-11-12-29(39-33(25)35(43)44)34(42)38-17-22-5-6-22)30(40)14-21-7-9-24(10-8-21)28(37)16-32(41)46-18-31-20(3)47-36(45)48-31;1-3-20-14-24(26(33)13-18-6-8-21(9-7-18)27(29)30)23(12-17(20)2)22-10-11-25(31-16-22)28(34)32-15-19-4-5-19;1-7-10(21-12(15)19-7)6-18-11(14)20-9-4-2-8(3-5-9)13(16)17;2-1-3;/h4,7-13,15,22,37H,1,5-6,14,16-18H2,2-3H3,(H,38,42)(H,43,44);3,6-12,14,16,19H,1,4-5,13,15H2,2H3,(H3,29,30)(H,32,34);2-5H,6H2,1H3;;1H4. The Hall–Kier alpha value is -13.7. The van der Waals surface area contributed by atoms with Gasteiger partial charge in [0, 0.05) is 77.8 Å². The quantitative estimate of drug-likeness (QED) is 0.00529. The number of rotatable bonds is 27. The Bertz CT molecular complexity index is 5010. The van der Waals surface area contributed by atoms with Crippen LogP contribution in [0.3, 0.4) is 0 Å². The monoisotopic (exact) mass is 1460 g/mol. The number of carboxylic acid groups (broad SMARTS) is 1. The zero-order chi connectivity index (χ0) is 76.9. The fourth-order valence-corrected chi connectivity index (χ4v) is 10.3. The van der Waals surface area contributed by atoms with Gasteiger partial charge in [0.1, 0.15) is 23.0 Å². The summed E-state index contributed by atoms with van der Waals surface area (Å²) in [5.74, 6) is -3.14. The molecule has 0 radical (unpaired) electrons. The Morgan fingerprint density at radius 1 is 0.654 bits per heavy atom. The highest BCUT2D eigenvalue weighted by atomic mass is 16.7. The predicted molar refractivity (Wildman–Crippen MR) is 387 cm³/mol. The number of aromatic nitrogens is 2. The van der Waals surface area contributed by atoms with Gasteiger partial charge in [-0.05, 0) is 158 Å². The lowest BCUT2D eigenvalue weighted by molar-refractivity contribution is -0.384. The fourth-order valence-electron chi connectivity index (χ4n) is 10.3. The van der Waals surface area contributed by atoms with Gasteiger partial charge in [0.05, 0.1) is 11.3 Å². The van der Waals surface area contributed by atoms with Gasteiger partial charge >= 0.3 is 35.9 Å². The van der Waals surface area contributed by atoms with Crippen molar-refractivity contribution in [1.82, 2.24) is 20.6 Å². The second kappa shape index (κ2) is 37.5. The molecule has 2 aliphatic rings. The molecule has 7 N–H and O–H groups in total. The fraction of sp³-hybridized carbons (Fsp3) is 0.231. The van der Waals surface area contributed by atoms with E-state index >= 15 is 0 Å². The number of hydrogen-bond donors (Lipinski definition) is 6. The lowest BCUT2D eigenvalue weighted by Crippen LogP contribution is -2.27. The zero-order valence-electron chi connectivity index (χ0n) is 57.7. The highest BCUT2D eigenvalue weighted by molar-refractivity contribution is 6.09. The maximum Gasteiger partial charge on any atom is 0.519 e. The van der Waals surface area contributed by atoms with Gasteiger partial charge in [-0.1, -0.05) is 99.5 Å². The molecule has 4 aromatic heterocycles. The van der Waals surface area contributed by atoms with Crippen LogP contribution in [0.1, 0.15) is 159 Å². The molecular formula is C78H74N8O21. The summed E-state index contributed by atoms with van der Waals surface area (Å²) < 4.78 is 33.3. The first-order valence-corrected chi connectivity index (χ1v) is 32.6. The van der Waals surface area contributed by atoms with E-state index in [0.29, 0.717) is 64.0 Å². The first-order valence-electron chi connectivity index (χ1n) is 32.6. The second-order valence-electron chi connectivity index (χ2n) is 24.2. The summed E-state index contributed by atoms with van der Waals surface area (Å²) >= 11 is 0. The molecule has 2 fully saturated rings. The van der Waals surface area contributed by atoms with Crippen LogP contribution in [0.25, 0.3) is 34.4 Å². The number of nitro groups is 1. The van der Waals surface area contributed by atoms with Crippen LogP contribution in [0.2, 0.25) is 0 Å². The molecule has 29 nitrogen and oxygen atoms in total. The Labute approximate surface area is 610 Å². The molecule has 0 aliphatic heterocycles. The number of carboxylic acids is 1. The minimum Gasteiger partial charge on any atom is -0.476 e. The molecule has 29 heteroatoms. The van der Waals surface area contributed by atoms with Crippen molar-refractivity contribution in [2.75, 3.05) is 13.1 Å². The van der Waals surface area contributed by atoms with E-state index in [1.54, 1.807) is 72.9 Å². The first-order chi connectivity index (χ1) is 50.6. The van der Waals surface area contributed by atoms with E-state index < -0.39 is 40.6 Å². The summed E-state index contributed by atoms with van der Waals surface area (Å²) in [5, 5.41) is 42.1. The number of amides is 2. The first kappa shape index (κ1) is 80.6. The third kappa shape index (κ3) is 22.9. The number of Topliss-reactive ketones (excluding diaryl/α,β-unsaturated/α-hetero) is 2. The van der Waals surface area contributed by atoms with Crippen LogP contribution in [-0.2, 0) is 49.9 Å². The lowest BCUT2D eigenvalue weighted by atomic mass is 9.89. The third-order valence-corrected chi connectivity index (χ3v) is 16.5. The van der Waals surface area contributed by atoms with Gasteiger partial charge in [-0.25, -0.2) is 24.2 Å². The normalized spacial score (nSPS) is 11.6. The zero-order valence-corrected chi connectivity index (χ0v) is 57.7. The van der Waals surface area contributed by atoms with E-state index in [4.69, 9.17) is 49.2 Å². The number of ether oxygens (including phenoxy) is 3. The number of hydrogen-bond acceptors (Lipinski definition) is 24. The number of pyridine rings is 2. The highest BCUT2D eigenvalue weighted by Gasteiger charge is 2.27. The molecule has 0 unspecified atom stereocenters. The molecule has 0 spiro atoms. The van der Waals surface area contributed by atoms with Crippen molar-refractivity contribution in [2.24, 2.45) is 17.6 Å². The largest absolute Gasteiger partial charge is 0.519 e. The van der Waals surface area contributed by atoms with Crippen LogP contribution < -0.4 is 32.7 Å². The Morgan fingerprint density at radius 3 is 1.58 bits per heavy atom. The Balaban J connectivity index is 0.000000235. The molecule has 0 bridgehead atoms. The van der Waals surface area contributed by atoms with E-state index in [9.17, 15) is 58.4 Å². The van der Waals surface area contributed by atoms with Crippen molar-refractivity contribution in [2.45, 2.75) is 93.3 Å². The molecule has 0 atom stereocenters. The van der Waals surface area contributed by atoms with Crippen molar-refractivity contribution in [1.29, 1.82) is 10.8 Å². The molecular weight excluding hydrogens is 1380 g/mol. The predicted octanol–water partition coefficient (Wildman–Crippen LogP) is 12.1. The number of carbonyl (C=O) groups excluding carboxylic acids is 8. The highest BCUT2D eigenvalue weighted by Crippen LogP contribution is 2.34. The topological polar surface area (TPSA) is 455 Å². The SMILES string of the molecule is C.C=Cc1cc(C(=O)Cc2ccc(C(=N)CC(=O)OCc3oc(=O)oc3C)cc2)c(-c2ccc(C(=O)NCC3CC3)nc2C(=O)O)cc1C.C=Cc1cc(C(=O)Cc2ccc(C(=N)N)cc2)c(-c2ccc(C(=O)NCC3CC3)nc2)cc1C.Cc1oc(=O)oc1COC(=O)Oc1ccc([N+](=O)[O-])cc1.O=C=O. The molecule has 552 valence electrons. The molecule has 0 saturated heterocycles. The molecule has 9 aromatic rings.